The molecular weight excluding hydrogens is 265 g/mol. The van der Waals surface area contributed by atoms with Crippen LogP contribution in [0.15, 0.2) is 42.5 Å². The maximum Gasteiger partial charge on any atom is 0.142 e. The van der Waals surface area contributed by atoms with Crippen LogP contribution < -0.4 is 10.1 Å². The lowest BCUT2D eigenvalue weighted by atomic mass is 10.0. The van der Waals surface area contributed by atoms with Crippen molar-refractivity contribution in [1.29, 1.82) is 0 Å². The number of nitrogens with one attached hydrogen (secondary N) is 1. The first-order chi connectivity index (χ1) is 10.1. The Hall–Kier alpha value is -2.03. The maximum atomic E-state index is 13.0. The molecule has 0 aromatic heterocycles. The van der Waals surface area contributed by atoms with Crippen LogP contribution in [0.4, 0.5) is 10.1 Å². The number of halogens is 1. The van der Waals surface area contributed by atoms with Gasteiger partial charge in [0.25, 0.3) is 0 Å². The molecule has 3 heteroatoms. The summed E-state index contributed by atoms with van der Waals surface area (Å²) in [6.07, 6.45) is 0.908. The zero-order chi connectivity index (χ0) is 15.2. The van der Waals surface area contributed by atoms with E-state index in [9.17, 15) is 4.39 Å². The molecule has 1 atom stereocenters. The SMILES string of the molecule is CCOc1cc(C)ccc1NC(CC)c1ccc(F)cc1. The van der Waals surface area contributed by atoms with Crippen molar-refractivity contribution in [2.45, 2.75) is 33.2 Å². The number of hydrogen-bond acceptors (Lipinski definition) is 2. The third-order valence-electron chi connectivity index (χ3n) is 3.45. The van der Waals surface area contributed by atoms with Crippen LogP contribution in [0, 0.1) is 12.7 Å². The van der Waals surface area contributed by atoms with Gasteiger partial charge >= 0.3 is 0 Å². The number of hydrogen-bond donors (Lipinski definition) is 1. The summed E-state index contributed by atoms with van der Waals surface area (Å²) in [5.74, 6) is 0.650. The predicted octanol–water partition coefficient (Wildman–Crippen LogP) is 5.10. The average Bonchev–Trinajstić information content (AvgIpc) is 2.48. The quantitative estimate of drug-likeness (QED) is 0.798. The van der Waals surface area contributed by atoms with E-state index in [1.165, 1.54) is 17.7 Å². The number of aryl methyl sites for hydroxylation is 1. The number of ether oxygens (including phenoxy) is 1. The second kappa shape index (κ2) is 7.11. The largest absolute Gasteiger partial charge is 0.492 e. The zero-order valence-corrected chi connectivity index (χ0v) is 12.8. The fourth-order valence-corrected chi connectivity index (χ4v) is 2.33. The molecule has 2 rings (SSSR count). The second-order valence-corrected chi connectivity index (χ2v) is 5.09. The van der Waals surface area contributed by atoms with Crippen LogP contribution >= 0.6 is 0 Å². The minimum absolute atomic E-state index is 0.132. The van der Waals surface area contributed by atoms with Crippen LogP contribution in [0.2, 0.25) is 0 Å². The van der Waals surface area contributed by atoms with Crippen LogP contribution in [0.1, 0.15) is 37.4 Å². The molecule has 0 radical (unpaired) electrons. The van der Waals surface area contributed by atoms with Gasteiger partial charge in [0.15, 0.2) is 0 Å². The van der Waals surface area contributed by atoms with Gasteiger partial charge < -0.3 is 10.1 Å². The van der Waals surface area contributed by atoms with Crippen LogP contribution in [0.25, 0.3) is 0 Å². The van der Waals surface area contributed by atoms with Gasteiger partial charge in [-0.25, -0.2) is 4.39 Å². The van der Waals surface area contributed by atoms with E-state index in [-0.39, 0.29) is 11.9 Å². The molecular formula is C18H22FNO. The van der Waals surface area contributed by atoms with E-state index in [1.54, 1.807) is 0 Å². The van der Waals surface area contributed by atoms with Gasteiger partial charge in [-0.1, -0.05) is 25.1 Å². The van der Waals surface area contributed by atoms with Crippen LogP contribution in [-0.2, 0) is 0 Å². The minimum atomic E-state index is -0.209. The highest BCUT2D eigenvalue weighted by atomic mass is 19.1. The van der Waals surface area contributed by atoms with E-state index in [2.05, 4.69) is 18.3 Å². The van der Waals surface area contributed by atoms with Gasteiger partial charge in [-0.3, -0.25) is 0 Å². The molecule has 2 nitrogen and oxygen atoms in total. The summed E-state index contributed by atoms with van der Waals surface area (Å²) in [6, 6.07) is 12.9. The lowest BCUT2D eigenvalue weighted by Crippen LogP contribution is -2.11. The molecule has 0 aliphatic rings. The Morgan fingerprint density at radius 3 is 2.43 bits per heavy atom. The van der Waals surface area contributed by atoms with E-state index in [1.807, 2.05) is 38.1 Å². The highest BCUT2D eigenvalue weighted by Gasteiger charge is 2.12. The van der Waals surface area contributed by atoms with Gasteiger partial charge in [0.1, 0.15) is 11.6 Å². The van der Waals surface area contributed by atoms with Crippen molar-refractivity contribution in [3.05, 3.63) is 59.4 Å². The molecule has 0 amide bonds. The van der Waals surface area contributed by atoms with E-state index < -0.39 is 0 Å². The Morgan fingerprint density at radius 1 is 1.10 bits per heavy atom. The summed E-state index contributed by atoms with van der Waals surface area (Å²) >= 11 is 0. The molecule has 0 saturated carbocycles. The highest BCUT2D eigenvalue weighted by molar-refractivity contribution is 5.58. The van der Waals surface area contributed by atoms with Gasteiger partial charge in [0, 0.05) is 0 Å². The predicted molar refractivity (Wildman–Crippen MR) is 85.4 cm³/mol. The summed E-state index contributed by atoms with van der Waals surface area (Å²) in [6.45, 7) is 6.76. The van der Waals surface area contributed by atoms with Crippen molar-refractivity contribution in [2.75, 3.05) is 11.9 Å². The molecule has 0 heterocycles. The summed E-state index contributed by atoms with van der Waals surface area (Å²) in [5, 5.41) is 3.50. The van der Waals surface area contributed by atoms with E-state index >= 15 is 0 Å². The summed E-state index contributed by atoms with van der Waals surface area (Å²) in [5.41, 5.74) is 3.21. The lowest BCUT2D eigenvalue weighted by molar-refractivity contribution is 0.341. The van der Waals surface area contributed by atoms with Gasteiger partial charge in [-0.05, 0) is 55.7 Å². The first-order valence-corrected chi connectivity index (χ1v) is 7.39. The second-order valence-electron chi connectivity index (χ2n) is 5.09. The third kappa shape index (κ3) is 3.97. The van der Waals surface area contributed by atoms with Crippen molar-refractivity contribution in [1.82, 2.24) is 0 Å². The molecule has 2 aromatic rings. The monoisotopic (exact) mass is 287 g/mol. The van der Waals surface area contributed by atoms with E-state index in [4.69, 9.17) is 4.74 Å². The number of benzene rings is 2. The Kier molecular flexibility index (Phi) is 5.20. The van der Waals surface area contributed by atoms with Gasteiger partial charge in [0.2, 0.25) is 0 Å². The smallest absolute Gasteiger partial charge is 0.142 e. The standard InChI is InChI=1S/C18H22FNO/c1-4-16(14-7-9-15(19)10-8-14)20-17-11-6-13(3)12-18(17)21-5-2/h6-12,16,20H,4-5H2,1-3H3. The molecule has 0 aliphatic heterocycles. The summed E-state index contributed by atoms with van der Waals surface area (Å²) < 4.78 is 18.7. The van der Waals surface area contributed by atoms with Crippen molar-refractivity contribution < 1.29 is 9.13 Å². The molecule has 0 bridgehead atoms. The Balaban J connectivity index is 2.24. The van der Waals surface area contributed by atoms with Crippen LogP contribution in [0.5, 0.6) is 5.75 Å². The molecule has 2 aromatic carbocycles. The molecule has 0 aliphatic carbocycles. The molecule has 1 N–H and O–H groups in total. The van der Waals surface area contributed by atoms with Crippen molar-refractivity contribution in [3.63, 3.8) is 0 Å². The third-order valence-corrected chi connectivity index (χ3v) is 3.45. The molecule has 0 fully saturated rings. The average molecular weight is 287 g/mol. The zero-order valence-electron chi connectivity index (χ0n) is 12.8. The molecule has 0 saturated heterocycles. The van der Waals surface area contributed by atoms with Gasteiger partial charge in [-0.15, -0.1) is 0 Å². The number of rotatable bonds is 6. The Morgan fingerprint density at radius 2 is 1.81 bits per heavy atom. The van der Waals surface area contributed by atoms with Crippen molar-refractivity contribution >= 4 is 5.69 Å². The van der Waals surface area contributed by atoms with Gasteiger partial charge in [-0.2, -0.15) is 0 Å². The minimum Gasteiger partial charge on any atom is -0.492 e. The lowest BCUT2D eigenvalue weighted by Gasteiger charge is -2.21. The topological polar surface area (TPSA) is 21.3 Å². The summed E-state index contributed by atoms with van der Waals surface area (Å²) in [7, 11) is 0. The fourth-order valence-electron chi connectivity index (χ4n) is 2.33. The Bertz CT molecular complexity index is 580. The van der Waals surface area contributed by atoms with E-state index in [0.29, 0.717) is 6.61 Å². The fraction of sp³-hybridized carbons (Fsp3) is 0.333. The van der Waals surface area contributed by atoms with Crippen molar-refractivity contribution in [2.24, 2.45) is 0 Å². The Labute approximate surface area is 126 Å². The molecule has 1 unspecified atom stereocenters. The van der Waals surface area contributed by atoms with Crippen LogP contribution in [0.3, 0.4) is 0 Å². The normalized spacial score (nSPS) is 12.0. The van der Waals surface area contributed by atoms with Crippen LogP contribution in [-0.4, -0.2) is 6.61 Å². The maximum absolute atomic E-state index is 13.0. The molecule has 0 spiro atoms. The first kappa shape index (κ1) is 15.4. The molecule has 21 heavy (non-hydrogen) atoms. The first-order valence-electron chi connectivity index (χ1n) is 7.39. The van der Waals surface area contributed by atoms with E-state index in [0.717, 1.165) is 23.4 Å². The summed E-state index contributed by atoms with van der Waals surface area (Å²) in [4.78, 5) is 0. The molecule has 112 valence electrons. The number of anilines is 1. The van der Waals surface area contributed by atoms with Gasteiger partial charge in [0.05, 0.1) is 18.3 Å². The van der Waals surface area contributed by atoms with Crippen molar-refractivity contribution in [3.8, 4) is 5.75 Å². The highest BCUT2D eigenvalue weighted by Crippen LogP contribution is 2.30.